The van der Waals surface area contributed by atoms with Crippen LogP contribution in [0, 0.1) is 0 Å². The Balaban J connectivity index is 2.06. The largest absolute Gasteiger partial charge is 0.394 e. The summed E-state index contributed by atoms with van der Waals surface area (Å²) in [6, 6.07) is 10.9. The lowest BCUT2D eigenvalue weighted by molar-refractivity contribution is 0.103. The fourth-order valence-corrected chi connectivity index (χ4v) is 5.43. The smallest absolute Gasteiger partial charge is 0.0698 e. The Hall–Kier alpha value is -0.490. The quantitative estimate of drug-likeness (QED) is 0.216. The Morgan fingerprint density at radius 2 is 1.10 bits per heavy atom. The van der Waals surface area contributed by atoms with Crippen molar-refractivity contribution in [2.45, 2.75) is 14.7 Å². The molecule has 0 spiro atoms. The SMILES string of the molecule is OCCOCCSc1ccc2c(SCCOCCO)cc(SCCOCCO)cc2c1. The second kappa shape index (κ2) is 17.0. The van der Waals surface area contributed by atoms with Gasteiger partial charge in [-0.3, -0.25) is 0 Å². The fourth-order valence-electron chi connectivity index (χ4n) is 2.73. The Kier molecular flexibility index (Phi) is 14.7. The van der Waals surface area contributed by atoms with E-state index in [4.69, 9.17) is 29.5 Å². The molecule has 0 aromatic heterocycles. The Labute approximate surface area is 197 Å². The first-order chi connectivity index (χ1) is 15.3. The number of fused-ring (bicyclic) bond motifs is 1. The van der Waals surface area contributed by atoms with Crippen molar-refractivity contribution in [3.8, 4) is 0 Å². The highest BCUT2D eigenvalue weighted by atomic mass is 32.2. The Morgan fingerprint density at radius 3 is 1.68 bits per heavy atom. The Morgan fingerprint density at radius 1 is 0.581 bits per heavy atom. The lowest BCUT2D eigenvalue weighted by Crippen LogP contribution is -2.03. The van der Waals surface area contributed by atoms with Crippen LogP contribution in [0.15, 0.2) is 45.0 Å². The van der Waals surface area contributed by atoms with Crippen molar-refractivity contribution in [3.63, 3.8) is 0 Å². The summed E-state index contributed by atoms with van der Waals surface area (Å²) in [4.78, 5) is 3.59. The van der Waals surface area contributed by atoms with Crippen molar-refractivity contribution in [2.75, 3.05) is 76.7 Å². The standard InChI is InChI=1S/C22H32O6S3/c23-3-6-26-9-12-29-19-1-2-21-18(15-19)16-20(30-13-10-27-7-4-24)17-22(21)31-14-11-28-8-5-25/h1-2,15-17,23-25H,3-14H2. The number of benzene rings is 2. The summed E-state index contributed by atoms with van der Waals surface area (Å²) in [5.74, 6) is 2.49. The zero-order valence-corrected chi connectivity index (χ0v) is 20.1. The number of hydrogen-bond acceptors (Lipinski definition) is 9. The first-order valence-corrected chi connectivity index (χ1v) is 13.3. The van der Waals surface area contributed by atoms with Gasteiger partial charge in [0.2, 0.25) is 0 Å². The molecular weight excluding hydrogens is 456 g/mol. The predicted octanol–water partition coefficient (Wildman–Crippen LogP) is 3.14. The average molecular weight is 489 g/mol. The maximum absolute atomic E-state index is 8.85. The van der Waals surface area contributed by atoms with E-state index >= 15 is 0 Å². The van der Waals surface area contributed by atoms with Gasteiger partial charge in [0.15, 0.2) is 0 Å². The van der Waals surface area contributed by atoms with Crippen LogP contribution in [0.3, 0.4) is 0 Å². The molecule has 3 N–H and O–H groups in total. The zero-order chi connectivity index (χ0) is 22.2. The molecule has 0 saturated heterocycles. The van der Waals surface area contributed by atoms with Crippen LogP contribution in [0.4, 0.5) is 0 Å². The molecule has 0 radical (unpaired) electrons. The molecule has 0 fully saturated rings. The van der Waals surface area contributed by atoms with Crippen molar-refractivity contribution in [3.05, 3.63) is 30.3 Å². The Bertz CT molecular complexity index is 741. The van der Waals surface area contributed by atoms with E-state index in [1.165, 1.54) is 25.5 Å². The van der Waals surface area contributed by atoms with E-state index in [1.807, 2.05) is 0 Å². The second-order valence-corrected chi connectivity index (χ2v) is 9.83. The minimum absolute atomic E-state index is 0.0452. The van der Waals surface area contributed by atoms with Crippen LogP contribution in [0.2, 0.25) is 0 Å². The summed E-state index contributed by atoms with van der Waals surface area (Å²) in [6.45, 7) is 3.08. The van der Waals surface area contributed by atoms with Gasteiger partial charge < -0.3 is 29.5 Å². The minimum Gasteiger partial charge on any atom is -0.394 e. The first-order valence-electron chi connectivity index (χ1n) is 10.3. The highest BCUT2D eigenvalue weighted by Gasteiger charge is 2.08. The van der Waals surface area contributed by atoms with E-state index < -0.39 is 0 Å². The summed E-state index contributed by atoms with van der Waals surface area (Å²) in [7, 11) is 0. The van der Waals surface area contributed by atoms with Crippen molar-refractivity contribution in [2.24, 2.45) is 0 Å². The second-order valence-electron chi connectivity index (χ2n) is 6.36. The first kappa shape index (κ1) is 26.8. The lowest BCUT2D eigenvalue weighted by atomic mass is 10.1. The molecule has 0 heterocycles. The van der Waals surface area contributed by atoms with Gasteiger partial charge in [0.25, 0.3) is 0 Å². The normalized spacial score (nSPS) is 11.5. The minimum atomic E-state index is 0.0452. The van der Waals surface area contributed by atoms with Crippen LogP contribution < -0.4 is 0 Å². The third-order valence-electron chi connectivity index (χ3n) is 4.04. The van der Waals surface area contributed by atoms with Crippen LogP contribution in [-0.4, -0.2) is 92.0 Å². The van der Waals surface area contributed by atoms with Crippen LogP contribution in [0.5, 0.6) is 0 Å². The average Bonchev–Trinajstić information content (AvgIpc) is 2.78. The molecule has 0 unspecified atom stereocenters. The van der Waals surface area contributed by atoms with Crippen LogP contribution in [0.25, 0.3) is 10.8 Å². The van der Waals surface area contributed by atoms with Gasteiger partial charge in [0.05, 0.1) is 59.5 Å². The molecule has 0 aliphatic rings. The molecule has 0 saturated carbocycles. The molecule has 0 bridgehead atoms. The van der Waals surface area contributed by atoms with Gasteiger partial charge >= 0.3 is 0 Å². The number of aliphatic hydroxyl groups excluding tert-OH is 3. The van der Waals surface area contributed by atoms with E-state index in [9.17, 15) is 0 Å². The maximum Gasteiger partial charge on any atom is 0.0698 e. The van der Waals surface area contributed by atoms with Gasteiger partial charge in [-0.2, -0.15) is 0 Å². The van der Waals surface area contributed by atoms with Gasteiger partial charge in [-0.25, -0.2) is 0 Å². The summed E-state index contributed by atoms with van der Waals surface area (Å²) >= 11 is 5.25. The molecule has 9 heteroatoms. The monoisotopic (exact) mass is 488 g/mol. The van der Waals surface area contributed by atoms with Crippen LogP contribution >= 0.6 is 35.3 Å². The third kappa shape index (κ3) is 10.8. The zero-order valence-electron chi connectivity index (χ0n) is 17.7. The highest BCUT2D eigenvalue weighted by molar-refractivity contribution is 8.00. The number of hydrogen-bond donors (Lipinski definition) is 3. The number of thioether (sulfide) groups is 3. The van der Waals surface area contributed by atoms with Gasteiger partial charge in [-0.1, -0.05) is 6.07 Å². The molecule has 6 nitrogen and oxygen atoms in total. The number of ether oxygens (including phenoxy) is 3. The maximum atomic E-state index is 8.85. The van der Waals surface area contributed by atoms with Gasteiger partial charge in [-0.05, 0) is 35.0 Å². The van der Waals surface area contributed by atoms with Crippen molar-refractivity contribution >= 4 is 46.1 Å². The van der Waals surface area contributed by atoms with Gasteiger partial charge in [-0.15, -0.1) is 35.3 Å². The molecule has 2 aromatic rings. The summed E-state index contributed by atoms with van der Waals surface area (Å²) in [6.07, 6.45) is 0. The third-order valence-corrected chi connectivity index (χ3v) is 6.96. The van der Waals surface area contributed by atoms with E-state index in [-0.39, 0.29) is 19.8 Å². The van der Waals surface area contributed by atoms with Gasteiger partial charge in [0.1, 0.15) is 0 Å². The predicted molar refractivity (Wildman–Crippen MR) is 130 cm³/mol. The molecule has 174 valence electrons. The summed E-state index contributed by atoms with van der Waals surface area (Å²) in [5.41, 5.74) is 0. The van der Waals surface area contributed by atoms with E-state index in [1.54, 1.807) is 35.3 Å². The van der Waals surface area contributed by atoms with Gasteiger partial charge in [0, 0.05) is 31.9 Å². The number of aliphatic hydroxyl groups is 3. The fraction of sp³-hybridized carbons (Fsp3) is 0.545. The molecule has 2 rings (SSSR count). The highest BCUT2D eigenvalue weighted by Crippen LogP contribution is 2.35. The molecule has 0 amide bonds. The summed E-state index contributed by atoms with van der Waals surface area (Å²) < 4.78 is 16.1. The molecule has 31 heavy (non-hydrogen) atoms. The topological polar surface area (TPSA) is 88.4 Å². The van der Waals surface area contributed by atoms with E-state index in [0.29, 0.717) is 39.6 Å². The van der Waals surface area contributed by atoms with E-state index in [2.05, 4.69) is 30.3 Å². The lowest BCUT2D eigenvalue weighted by Gasteiger charge is -2.12. The molecule has 0 aliphatic heterocycles. The van der Waals surface area contributed by atoms with Crippen molar-refractivity contribution in [1.82, 2.24) is 0 Å². The summed E-state index contributed by atoms with van der Waals surface area (Å²) in [5, 5.41) is 28.9. The van der Waals surface area contributed by atoms with Crippen LogP contribution in [-0.2, 0) is 14.2 Å². The molecule has 2 aromatic carbocycles. The molecule has 0 atom stereocenters. The van der Waals surface area contributed by atoms with Crippen molar-refractivity contribution in [1.29, 1.82) is 0 Å². The van der Waals surface area contributed by atoms with Crippen LogP contribution in [0.1, 0.15) is 0 Å². The van der Waals surface area contributed by atoms with E-state index in [0.717, 1.165) is 17.3 Å². The molecule has 0 aliphatic carbocycles. The van der Waals surface area contributed by atoms with Crippen molar-refractivity contribution < 1.29 is 29.5 Å². The molecular formula is C22H32O6S3. The number of rotatable bonds is 18.